The first-order valence-corrected chi connectivity index (χ1v) is 7.09. The van der Waals surface area contributed by atoms with E-state index < -0.39 is 36.3 Å². The van der Waals surface area contributed by atoms with E-state index in [0.29, 0.717) is 13.0 Å². The normalized spacial score (nSPS) is 16.5. The fourth-order valence-electron chi connectivity index (χ4n) is 1.71. The quantitative estimate of drug-likeness (QED) is 0.175. The summed E-state index contributed by atoms with van der Waals surface area (Å²) >= 11 is 0. The lowest BCUT2D eigenvalue weighted by Crippen LogP contribution is -2.52. The highest BCUT2D eigenvalue weighted by atomic mass is 16.5. The molecule has 9 heteroatoms. The van der Waals surface area contributed by atoms with Crippen molar-refractivity contribution in [3.8, 4) is 0 Å². The lowest BCUT2D eigenvalue weighted by Gasteiger charge is -2.24. The van der Waals surface area contributed by atoms with Crippen LogP contribution in [0.1, 0.15) is 19.3 Å². The van der Waals surface area contributed by atoms with E-state index in [2.05, 4.69) is 15.4 Å². The van der Waals surface area contributed by atoms with E-state index in [0.717, 1.165) is 26.5 Å². The Balaban J connectivity index is 4.17. The number of hydrogen-bond acceptors (Lipinski definition) is 8. The summed E-state index contributed by atoms with van der Waals surface area (Å²) in [5.41, 5.74) is 0. The molecule has 4 atom stereocenters. The summed E-state index contributed by atoms with van der Waals surface area (Å²) in [6.45, 7) is 1.18. The second kappa shape index (κ2) is 11.3. The van der Waals surface area contributed by atoms with E-state index in [9.17, 15) is 30.0 Å². The van der Waals surface area contributed by atoms with Crippen molar-refractivity contribution < 1.29 is 34.8 Å². The molecule has 0 saturated heterocycles. The second-order valence-corrected chi connectivity index (χ2v) is 4.85. The fraction of sp³-hybridized carbons (Fsp3) is 0.846. The number of aliphatic hydroxyl groups excluding tert-OH is 4. The number of nitrogens with one attached hydrogen (secondary N) is 2. The molecule has 0 spiro atoms. The number of methoxy groups -OCH3 is 1. The van der Waals surface area contributed by atoms with Gasteiger partial charge < -0.3 is 35.8 Å². The van der Waals surface area contributed by atoms with Gasteiger partial charge in [-0.25, -0.2) is 4.79 Å². The van der Waals surface area contributed by atoms with Crippen LogP contribution < -0.4 is 10.6 Å². The molecule has 0 aromatic carbocycles. The van der Waals surface area contributed by atoms with Gasteiger partial charge in [-0.15, -0.1) is 0 Å². The van der Waals surface area contributed by atoms with Gasteiger partial charge in [-0.2, -0.15) is 0 Å². The molecule has 0 unspecified atom stereocenters. The Morgan fingerprint density at radius 2 is 1.50 bits per heavy atom. The van der Waals surface area contributed by atoms with Crippen LogP contribution in [0.5, 0.6) is 0 Å². The zero-order chi connectivity index (χ0) is 17.1. The van der Waals surface area contributed by atoms with Crippen molar-refractivity contribution >= 4 is 11.9 Å². The third kappa shape index (κ3) is 7.14. The molecule has 0 aliphatic rings. The Morgan fingerprint density at radius 1 is 0.955 bits per heavy atom. The van der Waals surface area contributed by atoms with Gasteiger partial charge in [0.1, 0.15) is 12.2 Å². The molecule has 0 saturated carbocycles. The lowest BCUT2D eigenvalue weighted by molar-refractivity contribution is -0.169. The van der Waals surface area contributed by atoms with E-state index in [1.54, 1.807) is 0 Å². The zero-order valence-electron chi connectivity index (χ0n) is 12.9. The summed E-state index contributed by atoms with van der Waals surface area (Å²) in [6.07, 6.45) is -5.55. The standard InChI is InChI=1S/C13H26N2O7/c1-14-6-4-3-5-7-15-12(20)10(18)8(16)9(17)11(19)13(21)22-2/h8-11,14,16-19H,3-7H2,1-2H3,(H,15,20)/t8-,9-,10-,11+/m0/s1. The molecule has 0 bridgehead atoms. The summed E-state index contributed by atoms with van der Waals surface area (Å²) in [7, 11) is 2.83. The average molecular weight is 322 g/mol. The molecule has 0 rings (SSSR count). The predicted octanol–water partition coefficient (Wildman–Crippen LogP) is -2.89. The third-order valence-corrected chi connectivity index (χ3v) is 3.11. The Labute approximate surface area is 129 Å². The van der Waals surface area contributed by atoms with Gasteiger partial charge in [0, 0.05) is 6.54 Å². The van der Waals surface area contributed by atoms with Crippen molar-refractivity contribution in [3.63, 3.8) is 0 Å². The maximum absolute atomic E-state index is 11.6. The van der Waals surface area contributed by atoms with Crippen LogP contribution >= 0.6 is 0 Å². The van der Waals surface area contributed by atoms with Crippen molar-refractivity contribution in [2.24, 2.45) is 0 Å². The van der Waals surface area contributed by atoms with Crippen molar-refractivity contribution in [3.05, 3.63) is 0 Å². The zero-order valence-corrected chi connectivity index (χ0v) is 12.9. The Hall–Kier alpha value is -1.26. The van der Waals surface area contributed by atoms with Gasteiger partial charge in [0.15, 0.2) is 12.2 Å². The summed E-state index contributed by atoms with van der Waals surface area (Å²) in [4.78, 5) is 22.6. The molecule has 0 aliphatic carbocycles. The number of rotatable bonds is 11. The second-order valence-electron chi connectivity index (χ2n) is 4.85. The molecule has 6 N–H and O–H groups in total. The number of carbonyl (C=O) groups excluding carboxylic acids is 2. The topological polar surface area (TPSA) is 148 Å². The lowest BCUT2D eigenvalue weighted by atomic mass is 10.0. The molecule has 1 amide bonds. The molecule has 0 heterocycles. The van der Waals surface area contributed by atoms with Crippen LogP contribution in [-0.4, -0.2) is 84.0 Å². The third-order valence-electron chi connectivity index (χ3n) is 3.11. The Morgan fingerprint density at radius 3 is 2.05 bits per heavy atom. The molecule has 0 aromatic rings. The highest BCUT2D eigenvalue weighted by molar-refractivity contribution is 5.81. The van der Waals surface area contributed by atoms with Crippen LogP contribution in [0.15, 0.2) is 0 Å². The minimum absolute atomic E-state index is 0.308. The summed E-state index contributed by atoms with van der Waals surface area (Å²) in [5, 5.41) is 43.5. The first-order valence-electron chi connectivity index (χ1n) is 7.09. The molecule has 130 valence electrons. The van der Waals surface area contributed by atoms with Crippen LogP contribution in [0.3, 0.4) is 0 Å². The van der Waals surface area contributed by atoms with Crippen LogP contribution in [0.4, 0.5) is 0 Å². The number of carbonyl (C=O) groups is 2. The number of esters is 1. The van der Waals surface area contributed by atoms with Crippen LogP contribution in [0.25, 0.3) is 0 Å². The number of ether oxygens (including phenoxy) is 1. The van der Waals surface area contributed by atoms with E-state index in [4.69, 9.17) is 0 Å². The van der Waals surface area contributed by atoms with Gasteiger partial charge in [0.05, 0.1) is 7.11 Å². The van der Waals surface area contributed by atoms with Crippen molar-refractivity contribution in [2.45, 2.75) is 43.7 Å². The SMILES string of the molecule is CNCCCCCNC(=O)[C@@H](O)[C@@H](O)[C@H](O)[C@@H](O)C(=O)OC. The first-order chi connectivity index (χ1) is 10.4. The van der Waals surface area contributed by atoms with Crippen molar-refractivity contribution in [2.75, 3.05) is 27.2 Å². The molecule has 9 nitrogen and oxygen atoms in total. The highest BCUT2D eigenvalue weighted by Crippen LogP contribution is 2.07. The minimum Gasteiger partial charge on any atom is -0.467 e. The summed E-state index contributed by atoms with van der Waals surface area (Å²) < 4.78 is 4.19. The first kappa shape index (κ1) is 20.7. The van der Waals surface area contributed by atoms with E-state index in [1.165, 1.54) is 0 Å². The molecule has 0 fully saturated rings. The monoisotopic (exact) mass is 322 g/mol. The van der Waals surface area contributed by atoms with Crippen LogP contribution in [0, 0.1) is 0 Å². The maximum atomic E-state index is 11.6. The molecular formula is C13H26N2O7. The van der Waals surface area contributed by atoms with Gasteiger partial charge in [-0.1, -0.05) is 6.42 Å². The maximum Gasteiger partial charge on any atom is 0.337 e. The fourth-order valence-corrected chi connectivity index (χ4v) is 1.71. The van der Waals surface area contributed by atoms with Gasteiger partial charge in [-0.3, -0.25) is 4.79 Å². The number of unbranched alkanes of at least 4 members (excludes halogenated alkanes) is 2. The largest absolute Gasteiger partial charge is 0.467 e. The number of aliphatic hydroxyl groups is 4. The number of amides is 1. The Bertz CT molecular complexity index is 340. The smallest absolute Gasteiger partial charge is 0.337 e. The molecule has 0 radical (unpaired) electrons. The minimum atomic E-state index is -2.05. The van der Waals surface area contributed by atoms with Crippen LogP contribution in [0.2, 0.25) is 0 Å². The average Bonchev–Trinajstić information content (AvgIpc) is 2.54. The Kier molecular flexibility index (Phi) is 10.7. The van der Waals surface area contributed by atoms with E-state index >= 15 is 0 Å². The van der Waals surface area contributed by atoms with Gasteiger partial charge >= 0.3 is 5.97 Å². The van der Waals surface area contributed by atoms with E-state index in [-0.39, 0.29) is 0 Å². The number of hydrogen-bond donors (Lipinski definition) is 6. The molecular weight excluding hydrogens is 296 g/mol. The van der Waals surface area contributed by atoms with Crippen LogP contribution in [-0.2, 0) is 14.3 Å². The summed E-state index contributed by atoms with van der Waals surface area (Å²) in [6, 6.07) is 0. The van der Waals surface area contributed by atoms with Gasteiger partial charge in [0.2, 0.25) is 0 Å². The van der Waals surface area contributed by atoms with Crippen molar-refractivity contribution in [1.82, 2.24) is 10.6 Å². The van der Waals surface area contributed by atoms with Gasteiger partial charge in [0.25, 0.3) is 5.91 Å². The molecule has 22 heavy (non-hydrogen) atoms. The summed E-state index contributed by atoms with van der Waals surface area (Å²) in [5.74, 6) is -2.07. The predicted molar refractivity (Wildman–Crippen MR) is 76.8 cm³/mol. The molecule has 0 aliphatic heterocycles. The molecule has 0 aromatic heterocycles. The van der Waals surface area contributed by atoms with Gasteiger partial charge in [-0.05, 0) is 26.4 Å². The van der Waals surface area contributed by atoms with E-state index in [1.807, 2.05) is 7.05 Å². The van der Waals surface area contributed by atoms with Crippen molar-refractivity contribution in [1.29, 1.82) is 0 Å². The highest BCUT2D eigenvalue weighted by Gasteiger charge is 2.37.